The number of hydrogen-bond donors (Lipinski definition) is 4. The zero-order chi connectivity index (χ0) is 29.0. The molecule has 1 aromatic carbocycles. The number of aliphatic hydroxyl groups is 1. The van der Waals surface area contributed by atoms with E-state index in [1.165, 1.54) is 4.90 Å². The normalized spacial score (nSPS) is 23.0. The third kappa shape index (κ3) is 4.47. The predicted octanol–water partition coefficient (Wildman–Crippen LogP) is 4.09. The van der Waals surface area contributed by atoms with Crippen LogP contribution in [-0.4, -0.2) is 58.9 Å². The number of benzene rings is 1. The second-order valence-electron chi connectivity index (χ2n) is 10.4. The van der Waals surface area contributed by atoms with Crippen LogP contribution >= 0.6 is 11.6 Å². The number of halogens is 5. The maximum Gasteiger partial charge on any atom is 0.232 e. The van der Waals surface area contributed by atoms with Crippen molar-refractivity contribution in [1.29, 1.82) is 0 Å². The Morgan fingerprint density at radius 3 is 2.58 bits per heavy atom. The monoisotopic (exact) mass is 579 g/mol. The fourth-order valence-electron chi connectivity index (χ4n) is 5.37. The number of piperazine rings is 1. The van der Waals surface area contributed by atoms with E-state index in [4.69, 9.17) is 17.3 Å². The summed E-state index contributed by atoms with van der Waals surface area (Å²) >= 11 is 5.99. The number of rotatable bonds is 3. The number of pyridine rings is 1. The molecular weight excluding hydrogens is 550 g/mol. The maximum atomic E-state index is 15.8. The number of aromatic nitrogens is 1. The molecule has 4 heterocycles. The summed E-state index contributed by atoms with van der Waals surface area (Å²) < 4.78 is 59.7. The molecule has 0 saturated carbocycles. The molecule has 1 fully saturated rings. The van der Waals surface area contributed by atoms with Crippen LogP contribution < -0.4 is 21.3 Å². The highest BCUT2D eigenvalue weighted by atomic mass is 35.5. The molecule has 0 amide bonds. The quantitative estimate of drug-likeness (QED) is 0.188. The van der Waals surface area contributed by atoms with Crippen molar-refractivity contribution in [2.75, 3.05) is 30.3 Å². The van der Waals surface area contributed by atoms with Crippen molar-refractivity contribution >= 4 is 28.9 Å². The van der Waals surface area contributed by atoms with Gasteiger partial charge in [-0.1, -0.05) is 25.4 Å². The lowest BCUT2D eigenvalue weighted by molar-refractivity contribution is 0.174. The highest BCUT2D eigenvalue weighted by Gasteiger charge is 2.40. The number of hydrogen-bond acceptors (Lipinski definition) is 8. The van der Waals surface area contributed by atoms with Crippen LogP contribution in [0.4, 0.5) is 29.1 Å². The topological polar surface area (TPSA) is 102 Å². The van der Waals surface area contributed by atoms with Crippen LogP contribution in [0.15, 0.2) is 34.6 Å². The third-order valence-electron chi connectivity index (χ3n) is 7.44. The van der Waals surface area contributed by atoms with Crippen LogP contribution in [-0.2, 0) is 0 Å². The van der Waals surface area contributed by atoms with Gasteiger partial charge >= 0.3 is 0 Å². The van der Waals surface area contributed by atoms with Crippen molar-refractivity contribution in [1.82, 2.24) is 20.5 Å². The maximum absolute atomic E-state index is 15.8. The molecule has 0 spiro atoms. The van der Waals surface area contributed by atoms with E-state index in [1.54, 1.807) is 6.20 Å². The van der Waals surface area contributed by atoms with E-state index in [-0.39, 0.29) is 29.4 Å². The fourth-order valence-corrected chi connectivity index (χ4v) is 5.62. The third-order valence-corrected chi connectivity index (χ3v) is 7.79. The minimum Gasteiger partial charge on any atom is -0.394 e. The summed E-state index contributed by atoms with van der Waals surface area (Å²) in [4.78, 5) is 12.4. The first-order valence-corrected chi connectivity index (χ1v) is 13.3. The number of allylic oxidation sites excluding steroid dienone is 2. The number of dihydropyridines is 1. The second-order valence-corrected chi connectivity index (χ2v) is 10.8. The van der Waals surface area contributed by atoms with Gasteiger partial charge < -0.3 is 26.4 Å². The van der Waals surface area contributed by atoms with E-state index in [1.807, 2.05) is 38.7 Å². The van der Waals surface area contributed by atoms with Crippen LogP contribution in [0.1, 0.15) is 33.3 Å². The molecule has 214 valence electrons. The van der Waals surface area contributed by atoms with E-state index in [2.05, 4.69) is 20.6 Å². The predicted molar refractivity (Wildman–Crippen MR) is 147 cm³/mol. The summed E-state index contributed by atoms with van der Waals surface area (Å²) in [6.07, 6.45) is 2.13. The molecule has 3 aliphatic heterocycles. The first-order chi connectivity index (χ1) is 18.9. The molecule has 2 aromatic rings. The average molecular weight is 580 g/mol. The van der Waals surface area contributed by atoms with Gasteiger partial charge in [-0.3, -0.25) is 4.90 Å². The molecule has 1 saturated heterocycles. The summed E-state index contributed by atoms with van der Waals surface area (Å²) in [6.45, 7) is 9.57. The highest BCUT2D eigenvalue weighted by Crippen LogP contribution is 2.42. The van der Waals surface area contributed by atoms with Gasteiger partial charge in [-0.25, -0.2) is 27.5 Å². The molecule has 1 aromatic heterocycles. The van der Waals surface area contributed by atoms with Gasteiger partial charge in [0.05, 0.1) is 22.2 Å². The zero-order valence-electron chi connectivity index (χ0n) is 22.4. The van der Waals surface area contributed by atoms with E-state index in [0.717, 1.165) is 11.6 Å². The summed E-state index contributed by atoms with van der Waals surface area (Å²) in [5.74, 6) is -5.39. The number of amidine groups is 1. The van der Waals surface area contributed by atoms with Crippen LogP contribution in [0, 0.1) is 29.2 Å². The lowest BCUT2D eigenvalue weighted by Crippen LogP contribution is -2.55. The fraction of sp³-hybridized carbons (Fsp3) is 0.407. The summed E-state index contributed by atoms with van der Waals surface area (Å²) in [6, 6.07) is 0.754. The lowest BCUT2D eigenvalue weighted by Gasteiger charge is -2.44. The number of nitrogens with one attached hydrogen (secondary N) is 2. The molecule has 40 heavy (non-hydrogen) atoms. The van der Waals surface area contributed by atoms with Crippen LogP contribution in [0.2, 0.25) is 5.02 Å². The van der Waals surface area contributed by atoms with Crippen molar-refractivity contribution in [3.63, 3.8) is 0 Å². The SMILES string of the molecule is CC1=C(N2c3nc(-c4c(F)c(N)c(F)c(F)c4Cl)c(F)cc3C(N3CCNC[C@@H]3C)=NC2O)C(C(C)C)NC=C1. The Bertz CT molecular complexity index is 1430. The molecule has 3 aliphatic rings. The summed E-state index contributed by atoms with van der Waals surface area (Å²) in [5, 5.41) is 17.0. The molecule has 5 N–H and O–H groups in total. The smallest absolute Gasteiger partial charge is 0.232 e. The summed E-state index contributed by atoms with van der Waals surface area (Å²) in [5.41, 5.74) is 4.43. The van der Waals surface area contributed by atoms with E-state index in [9.17, 15) is 13.9 Å². The molecule has 2 unspecified atom stereocenters. The number of aliphatic hydroxyl groups excluding tert-OH is 1. The number of nitrogens with zero attached hydrogens (tertiary/aromatic N) is 4. The molecule has 0 aliphatic carbocycles. The van der Waals surface area contributed by atoms with E-state index < -0.39 is 51.6 Å². The van der Waals surface area contributed by atoms with Crippen molar-refractivity contribution in [3.8, 4) is 11.3 Å². The number of fused-ring (bicyclic) bond motifs is 1. The number of anilines is 2. The highest BCUT2D eigenvalue weighted by molar-refractivity contribution is 6.33. The zero-order valence-corrected chi connectivity index (χ0v) is 23.1. The van der Waals surface area contributed by atoms with Crippen LogP contribution in [0.25, 0.3) is 11.3 Å². The Hall–Kier alpha value is -3.35. The molecular formula is C27H30ClF4N7O. The summed E-state index contributed by atoms with van der Waals surface area (Å²) in [7, 11) is 0. The molecule has 13 heteroatoms. The van der Waals surface area contributed by atoms with Crippen molar-refractivity contribution < 1.29 is 22.7 Å². The van der Waals surface area contributed by atoms with Gasteiger partial charge in [0.2, 0.25) is 6.35 Å². The first kappa shape index (κ1) is 28.2. The Morgan fingerprint density at radius 1 is 1.18 bits per heavy atom. The van der Waals surface area contributed by atoms with Gasteiger partial charge in [0.15, 0.2) is 23.3 Å². The van der Waals surface area contributed by atoms with Gasteiger partial charge in [0, 0.05) is 31.4 Å². The van der Waals surface area contributed by atoms with Crippen molar-refractivity contribution in [2.45, 2.75) is 46.1 Å². The number of nitrogens with two attached hydrogens (primary N) is 1. The van der Waals surface area contributed by atoms with E-state index in [0.29, 0.717) is 31.2 Å². The Labute approximate surface area is 234 Å². The van der Waals surface area contributed by atoms with Gasteiger partial charge in [0.25, 0.3) is 0 Å². The Balaban J connectivity index is 1.80. The van der Waals surface area contributed by atoms with Crippen LogP contribution in [0.3, 0.4) is 0 Å². The van der Waals surface area contributed by atoms with Gasteiger partial charge in [-0.05, 0) is 43.7 Å². The second kappa shape index (κ2) is 10.6. The van der Waals surface area contributed by atoms with Gasteiger partial charge in [0.1, 0.15) is 23.0 Å². The Kier molecular flexibility index (Phi) is 7.45. The molecule has 3 atom stereocenters. The minimum absolute atomic E-state index is 0.0434. The molecule has 0 bridgehead atoms. The molecule has 5 rings (SSSR count). The molecule has 0 radical (unpaired) electrons. The van der Waals surface area contributed by atoms with Crippen molar-refractivity contribution in [2.24, 2.45) is 10.9 Å². The lowest BCUT2D eigenvalue weighted by atomic mass is 9.93. The molecule has 8 nitrogen and oxygen atoms in total. The van der Waals surface area contributed by atoms with Crippen molar-refractivity contribution in [3.05, 3.63) is 63.5 Å². The van der Waals surface area contributed by atoms with E-state index >= 15 is 8.78 Å². The van der Waals surface area contributed by atoms with Gasteiger partial charge in [-0.15, -0.1) is 0 Å². The number of nitrogen functional groups attached to an aromatic ring is 1. The first-order valence-electron chi connectivity index (χ1n) is 12.9. The van der Waals surface area contributed by atoms with Gasteiger partial charge in [-0.2, -0.15) is 0 Å². The largest absolute Gasteiger partial charge is 0.394 e. The van der Waals surface area contributed by atoms with Crippen LogP contribution in [0.5, 0.6) is 0 Å². The average Bonchev–Trinajstić information content (AvgIpc) is 2.92. The number of aliphatic imine (C=N–C) groups is 1. The standard InChI is InChI=1S/C27H30ClF4N7O/c1-11(2)22-24(12(3)5-6-35-22)39-26-14(25(37-27(39)40)38-8-7-34-10-13(38)4)9-15(29)23(36-26)16-17(28)19(31)20(32)21(33)18(16)30/h5-6,9,11,13,22,27,34-35,40H,7-8,10,33H2,1-4H3/t13-,22?,27?/m0/s1. The minimum atomic E-state index is -1.68. The Morgan fingerprint density at radius 2 is 1.90 bits per heavy atom.